The molecule has 0 bridgehead atoms. The van der Waals surface area contributed by atoms with Gasteiger partial charge < -0.3 is 5.32 Å². The van der Waals surface area contributed by atoms with Gasteiger partial charge in [-0.3, -0.25) is 9.78 Å². The number of nitrogens with zero attached hydrogens (tertiary/aromatic N) is 3. The summed E-state index contributed by atoms with van der Waals surface area (Å²) in [5.41, 5.74) is 1.08. The first-order valence-corrected chi connectivity index (χ1v) is 10.8. The van der Waals surface area contributed by atoms with Crippen LogP contribution in [0.3, 0.4) is 0 Å². The SMILES string of the molecule is CC1(C(=O)n2nc(-c3ccccn3)cc2NCc2ccc(Cl)s2)CCCCC1. The molecule has 28 heavy (non-hydrogen) atoms. The fourth-order valence-corrected chi connectivity index (χ4v) is 4.75. The normalized spacial score (nSPS) is 16.1. The molecule has 5 nitrogen and oxygen atoms in total. The summed E-state index contributed by atoms with van der Waals surface area (Å²) in [5.74, 6) is 0.753. The van der Waals surface area contributed by atoms with E-state index in [1.54, 1.807) is 10.9 Å². The summed E-state index contributed by atoms with van der Waals surface area (Å²) in [6, 6.07) is 11.5. The average Bonchev–Trinajstić information content (AvgIpc) is 3.33. The van der Waals surface area contributed by atoms with Gasteiger partial charge in [-0.2, -0.15) is 9.78 Å². The molecule has 1 N–H and O–H groups in total. The Balaban J connectivity index is 1.66. The van der Waals surface area contributed by atoms with E-state index in [9.17, 15) is 4.79 Å². The molecule has 3 aromatic heterocycles. The molecule has 1 fully saturated rings. The Morgan fingerprint density at radius 3 is 2.71 bits per heavy atom. The Morgan fingerprint density at radius 1 is 1.21 bits per heavy atom. The van der Waals surface area contributed by atoms with Crippen LogP contribution in [0.4, 0.5) is 5.82 Å². The maximum absolute atomic E-state index is 13.4. The lowest BCUT2D eigenvalue weighted by Crippen LogP contribution is -2.35. The van der Waals surface area contributed by atoms with Crippen LogP contribution < -0.4 is 5.32 Å². The lowest BCUT2D eigenvalue weighted by atomic mass is 9.75. The number of hydrogen-bond acceptors (Lipinski definition) is 5. The summed E-state index contributed by atoms with van der Waals surface area (Å²) in [5, 5.41) is 8.01. The van der Waals surface area contributed by atoms with Gasteiger partial charge in [-0.05, 0) is 37.1 Å². The Kier molecular flexibility index (Phi) is 5.51. The third kappa shape index (κ3) is 3.98. The van der Waals surface area contributed by atoms with Gasteiger partial charge in [0.2, 0.25) is 0 Å². The van der Waals surface area contributed by atoms with Crippen LogP contribution in [0, 0.1) is 5.41 Å². The first kappa shape index (κ1) is 19.2. The van der Waals surface area contributed by atoms with Crippen LogP contribution >= 0.6 is 22.9 Å². The second-order valence-electron chi connectivity index (χ2n) is 7.53. The number of carbonyl (C=O) groups excluding carboxylic acids is 1. The fourth-order valence-electron chi connectivity index (χ4n) is 3.73. The molecule has 0 aliphatic heterocycles. The topological polar surface area (TPSA) is 59.8 Å². The highest BCUT2D eigenvalue weighted by molar-refractivity contribution is 7.16. The van der Waals surface area contributed by atoms with E-state index in [1.807, 2.05) is 36.4 Å². The van der Waals surface area contributed by atoms with Crippen molar-refractivity contribution in [2.24, 2.45) is 5.41 Å². The standard InChI is InChI=1S/C21H23ClN4OS/c1-21(10-4-2-5-11-21)20(27)26-19(24-14-15-8-9-18(22)28-15)13-17(25-26)16-7-3-6-12-23-16/h3,6-9,12-13,24H,2,4-5,10-11,14H2,1H3. The predicted octanol–water partition coefficient (Wildman–Crippen LogP) is 5.88. The molecule has 1 aliphatic rings. The van der Waals surface area contributed by atoms with Crippen molar-refractivity contribution in [3.8, 4) is 11.4 Å². The van der Waals surface area contributed by atoms with Crippen LogP contribution in [0.5, 0.6) is 0 Å². The summed E-state index contributed by atoms with van der Waals surface area (Å²) in [7, 11) is 0. The highest BCUT2D eigenvalue weighted by atomic mass is 35.5. The molecule has 0 radical (unpaired) electrons. The molecule has 3 heterocycles. The Labute approximate surface area is 173 Å². The van der Waals surface area contributed by atoms with Gasteiger partial charge in [-0.1, -0.05) is 43.9 Å². The van der Waals surface area contributed by atoms with Gasteiger partial charge in [0.05, 0.1) is 16.6 Å². The Morgan fingerprint density at radius 2 is 2.04 bits per heavy atom. The number of anilines is 1. The van der Waals surface area contributed by atoms with Crippen molar-refractivity contribution in [1.82, 2.24) is 14.8 Å². The monoisotopic (exact) mass is 414 g/mol. The first-order valence-electron chi connectivity index (χ1n) is 9.59. The van der Waals surface area contributed by atoms with Gasteiger partial charge in [-0.25, -0.2) is 0 Å². The Hall–Kier alpha value is -2.18. The number of nitrogens with one attached hydrogen (secondary N) is 1. The number of aromatic nitrogens is 3. The third-order valence-corrected chi connectivity index (χ3v) is 6.61. The molecular weight excluding hydrogens is 392 g/mol. The highest BCUT2D eigenvalue weighted by Gasteiger charge is 2.37. The zero-order valence-corrected chi connectivity index (χ0v) is 17.4. The van der Waals surface area contributed by atoms with E-state index in [2.05, 4.69) is 22.3 Å². The van der Waals surface area contributed by atoms with Gasteiger partial charge in [0.1, 0.15) is 11.5 Å². The number of rotatable bonds is 5. The first-order chi connectivity index (χ1) is 13.5. The molecule has 4 rings (SSSR count). The van der Waals surface area contributed by atoms with Gasteiger partial charge in [0.25, 0.3) is 5.91 Å². The van der Waals surface area contributed by atoms with Crippen molar-refractivity contribution >= 4 is 34.7 Å². The number of pyridine rings is 1. The molecule has 0 aromatic carbocycles. The van der Waals surface area contributed by atoms with E-state index in [1.165, 1.54) is 17.8 Å². The van der Waals surface area contributed by atoms with E-state index in [4.69, 9.17) is 11.6 Å². The minimum atomic E-state index is -0.367. The van der Waals surface area contributed by atoms with E-state index in [0.29, 0.717) is 18.1 Å². The zero-order valence-electron chi connectivity index (χ0n) is 15.8. The van der Waals surface area contributed by atoms with Gasteiger partial charge in [-0.15, -0.1) is 11.3 Å². The van der Waals surface area contributed by atoms with Crippen molar-refractivity contribution in [3.63, 3.8) is 0 Å². The number of halogens is 1. The van der Waals surface area contributed by atoms with E-state index < -0.39 is 0 Å². The smallest absolute Gasteiger partial charge is 0.254 e. The second kappa shape index (κ2) is 8.05. The number of carbonyl (C=O) groups is 1. The number of hydrogen-bond donors (Lipinski definition) is 1. The minimum Gasteiger partial charge on any atom is -0.365 e. The van der Waals surface area contributed by atoms with Crippen LogP contribution in [0.15, 0.2) is 42.6 Å². The quantitative estimate of drug-likeness (QED) is 0.566. The van der Waals surface area contributed by atoms with Gasteiger partial charge in [0, 0.05) is 22.6 Å². The molecule has 1 aliphatic carbocycles. The Bertz CT molecular complexity index is 960. The zero-order chi connectivity index (χ0) is 19.6. The lowest BCUT2D eigenvalue weighted by molar-refractivity contribution is 0.0637. The summed E-state index contributed by atoms with van der Waals surface area (Å²) >= 11 is 7.57. The predicted molar refractivity (Wildman–Crippen MR) is 114 cm³/mol. The molecule has 0 spiro atoms. The molecule has 0 amide bonds. The third-order valence-electron chi connectivity index (χ3n) is 5.38. The van der Waals surface area contributed by atoms with Crippen molar-refractivity contribution in [2.75, 3.05) is 5.32 Å². The van der Waals surface area contributed by atoms with Crippen molar-refractivity contribution in [1.29, 1.82) is 0 Å². The minimum absolute atomic E-state index is 0.0566. The average molecular weight is 415 g/mol. The number of thiophene rings is 1. The van der Waals surface area contributed by atoms with E-state index in [0.717, 1.165) is 40.6 Å². The van der Waals surface area contributed by atoms with E-state index in [-0.39, 0.29) is 11.3 Å². The fraction of sp³-hybridized carbons (Fsp3) is 0.381. The van der Waals surface area contributed by atoms with E-state index >= 15 is 0 Å². The van der Waals surface area contributed by atoms with Gasteiger partial charge >= 0.3 is 0 Å². The van der Waals surface area contributed by atoms with Crippen molar-refractivity contribution in [2.45, 2.75) is 45.6 Å². The molecule has 0 atom stereocenters. The van der Waals surface area contributed by atoms with Crippen molar-refractivity contribution < 1.29 is 4.79 Å². The molecule has 0 saturated heterocycles. The molecular formula is C21H23ClN4OS. The molecule has 146 valence electrons. The molecule has 0 unspecified atom stereocenters. The largest absolute Gasteiger partial charge is 0.365 e. The van der Waals surface area contributed by atoms with Crippen molar-refractivity contribution in [3.05, 3.63) is 51.8 Å². The maximum atomic E-state index is 13.4. The molecule has 3 aromatic rings. The molecule has 7 heteroatoms. The lowest BCUT2D eigenvalue weighted by Gasteiger charge is -2.31. The summed E-state index contributed by atoms with van der Waals surface area (Å²) in [6.45, 7) is 2.66. The summed E-state index contributed by atoms with van der Waals surface area (Å²) < 4.78 is 2.30. The highest BCUT2D eigenvalue weighted by Crippen LogP contribution is 2.38. The van der Waals surface area contributed by atoms with Crippen LogP contribution in [0.25, 0.3) is 11.4 Å². The van der Waals surface area contributed by atoms with Crippen LogP contribution in [-0.4, -0.2) is 20.7 Å². The summed E-state index contributed by atoms with van der Waals surface area (Å²) in [4.78, 5) is 18.9. The molecule has 1 saturated carbocycles. The van der Waals surface area contributed by atoms with Crippen LogP contribution in [0.1, 0.15) is 48.7 Å². The maximum Gasteiger partial charge on any atom is 0.254 e. The summed E-state index contributed by atoms with van der Waals surface area (Å²) in [6.07, 6.45) is 6.93. The van der Waals surface area contributed by atoms with Crippen LogP contribution in [-0.2, 0) is 6.54 Å². The second-order valence-corrected chi connectivity index (χ2v) is 9.33. The van der Waals surface area contributed by atoms with Gasteiger partial charge in [0.15, 0.2) is 0 Å². The van der Waals surface area contributed by atoms with Crippen LogP contribution in [0.2, 0.25) is 4.34 Å².